The number of hydrogen-bond acceptors (Lipinski definition) is 5. The number of amides is 2. The van der Waals surface area contributed by atoms with E-state index in [2.05, 4.69) is 75.9 Å². The van der Waals surface area contributed by atoms with Crippen LogP contribution < -0.4 is 15.8 Å². The summed E-state index contributed by atoms with van der Waals surface area (Å²) in [6.07, 6.45) is 2.80. The van der Waals surface area contributed by atoms with Crippen molar-refractivity contribution in [2.75, 3.05) is 19.6 Å². The molecule has 9 heteroatoms. The number of piperidine rings is 1. The maximum absolute atomic E-state index is 12.5. The fourth-order valence-electron chi connectivity index (χ4n) is 5.38. The molecule has 0 atom stereocenters. The molecule has 1 aliphatic heterocycles. The third-order valence-corrected chi connectivity index (χ3v) is 7.71. The fourth-order valence-corrected chi connectivity index (χ4v) is 5.51. The highest BCUT2D eigenvalue weighted by Gasteiger charge is 2.38. The van der Waals surface area contributed by atoms with Crippen LogP contribution in [0, 0.1) is 0 Å². The minimum Gasteiger partial charge on any atom is -0.391 e. The van der Waals surface area contributed by atoms with Crippen molar-refractivity contribution in [1.29, 1.82) is 0 Å². The lowest BCUT2D eigenvalue weighted by Gasteiger charge is -2.42. The summed E-state index contributed by atoms with van der Waals surface area (Å²) in [4.78, 5) is 30.6. The second-order valence-corrected chi connectivity index (χ2v) is 10.5. The first-order valence-electron chi connectivity index (χ1n) is 13.3. The number of halogens is 1. The molecule has 3 aromatic carbocycles. The quantitative estimate of drug-likeness (QED) is 0.309. The van der Waals surface area contributed by atoms with Gasteiger partial charge in [0.15, 0.2) is 0 Å². The molecule has 0 unspecified atom stereocenters. The van der Waals surface area contributed by atoms with Crippen molar-refractivity contribution in [3.8, 4) is 5.88 Å². The van der Waals surface area contributed by atoms with E-state index in [9.17, 15) is 9.59 Å². The van der Waals surface area contributed by atoms with Gasteiger partial charge in [-0.05, 0) is 54.8 Å². The summed E-state index contributed by atoms with van der Waals surface area (Å²) in [5.74, 6) is -0.319. The number of likely N-dealkylation sites (tertiary alicyclic amines) is 1. The monoisotopic (exact) mass is 557 g/mol. The predicted molar refractivity (Wildman–Crippen MR) is 154 cm³/mol. The first kappa shape index (κ1) is 27.4. The van der Waals surface area contributed by atoms with Crippen LogP contribution in [0.25, 0.3) is 0 Å². The van der Waals surface area contributed by atoms with Gasteiger partial charge < -0.3 is 15.8 Å². The Morgan fingerprint density at radius 2 is 1.50 bits per heavy atom. The number of rotatable bonds is 9. The minimum absolute atomic E-state index is 0.0685. The summed E-state index contributed by atoms with van der Waals surface area (Å²) in [6, 6.07) is 28.9. The van der Waals surface area contributed by atoms with Crippen molar-refractivity contribution in [2.24, 2.45) is 5.73 Å². The van der Waals surface area contributed by atoms with Crippen LogP contribution in [0.2, 0.25) is 5.02 Å². The average molecular weight is 558 g/mol. The van der Waals surface area contributed by atoms with Crippen LogP contribution in [0.5, 0.6) is 5.88 Å². The summed E-state index contributed by atoms with van der Waals surface area (Å²) < 4.78 is 7.46. The predicted octanol–water partition coefficient (Wildman–Crippen LogP) is 4.74. The molecular formula is C31H32ClN5O3. The van der Waals surface area contributed by atoms with Gasteiger partial charge in [0, 0.05) is 17.0 Å². The fraction of sp³-hybridized carbons (Fsp3) is 0.258. The topological polar surface area (TPSA) is 102 Å². The molecule has 2 amide bonds. The lowest BCUT2D eigenvalue weighted by atomic mass is 9.68. The van der Waals surface area contributed by atoms with E-state index in [0.717, 1.165) is 31.5 Å². The van der Waals surface area contributed by atoms with Crippen molar-refractivity contribution in [2.45, 2.75) is 31.3 Å². The molecule has 3 N–H and O–H groups in total. The molecular weight excluding hydrogens is 526 g/mol. The van der Waals surface area contributed by atoms with Crippen molar-refractivity contribution in [1.82, 2.24) is 19.8 Å². The molecule has 0 bridgehead atoms. The Bertz CT molecular complexity index is 1390. The molecule has 1 fully saturated rings. The number of primary amides is 1. The van der Waals surface area contributed by atoms with Crippen LogP contribution in [-0.2, 0) is 23.3 Å². The van der Waals surface area contributed by atoms with Crippen molar-refractivity contribution >= 4 is 23.6 Å². The normalized spacial score (nSPS) is 14.9. The first-order chi connectivity index (χ1) is 19.4. The van der Waals surface area contributed by atoms with Gasteiger partial charge >= 0.3 is 6.09 Å². The van der Waals surface area contributed by atoms with E-state index in [1.54, 1.807) is 10.9 Å². The molecule has 1 aromatic heterocycles. The van der Waals surface area contributed by atoms with E-state index in [-0.39, 0.29) is 12.0 Å². The smallest absolute Gasteiger partial charge is 0.391 e. The molecule has 8 nitrogen and oxygen atoms in total. The number of ether oxygens (including phenoxy) is 1. The third kappa shape index (κ3) is 6.35. The number of benzene rings is 3. The van der Waals surface area contributed by atoms with Crippen LogP contribution in [0.3, 0.4) is 0 Å². The maximum Gasteiger partial charge on any atom is 0.414 e. The Morgan fingerprint density at radius 3 is 2.08 bits per heavy atom. The van der Waals surface area contributed by atoms with E-state index in [1.807, 2.05) is 24.3 Å². The Hall–Kier alpha value is -4.14. The second kappa shape index (κ2) is 12.4. The molecule has 0 spiro atoms. The van der Waals surface area contributed by atoms with Gasteiger partial charge in [0.2, 0.25) is 11.8 Å². The van der Waals surface area contributed by atoms with Crippen molar-refractivity contribution in [3.05, 3.63) is 119 Å². The lowest BCUT2D eigenvalue weighted by Crippen LogP contribution is -2.43. The molecule has 0 radical (unpaired) electrons. The average Bonchev–Trinajstić information content (AvgIpc) is 3.34. The maximum atomic E-state index is 12.5. The zero-order valence-electron chi connectivity index (χ0n) is 22.1. The number of aromatic nitrogens is 2. The molecule has 4 aromatic rings. The van der Waals surface area contributed by atoms with Crippen molar-refractivity contribution < 1.29 is 14.3 Å². The van der Waals surface area contributed by atoms with E-state index in [0.29, 0.717) is 29.7 Å². The van der Waals surface area contributed by atoms with Crippen LogP contribution in [0.4, 0.5) is 4.79 Å². The van der Waals surface area contributed by atoms with E-state index in [1.165, 1.54) is 11.1 Å². The molecule has 1 aliphatic rings. The molecule has 5 rings (SSSR count). The summed E-state index contributed by atoms with van der Waals surface area (Å²) in [5.41, 5.74) is 9.37. The molecule has 1 saturated heterocycles. The van der Waals surface area contributed by atoms with Crippen molar-refractivity contribution in [3.63, 3.8) is 0 Å². The summed E-state index contributed by atoms with van der Waals surface area (Å²) in [5, 5.41) is 3.03. The highest BCUT2D eigenvalue weighted by Crippen LogP contribution is 2.42. The van der Waals surface area contributed by atoms with E-state index in [4.69, 9.17) is 22.1 Å². The van der Waals surface area contributed by atoms with Gasteiger partial charge in [-0.3, -0.25) is 14.3 Å². The second-order valence-electron chi connectivity index (χ2n) is 10.1. The molecule has 2 heterocycles. The zero-order chi connectivity index (χ0) is 28.0. The van der Waals surface area contributed by atoms with E-state index >= 15 is 0 Å². The van der Waals surface area contributed by atoms with Gasteiger partial charge in [-0.25, -0.2) is 9.78 Å². The van der Waals surface area contributed by atoms with Gasteiger partial charge in [-0.2, -0.15) is 0 Å². The standard InChI is InChI=1S/C31H32ClN5O3/c32-26-13-11-23(12-14-26)20-37-22-35-27(29(37)40-30(39)34-19-28(33)38)21-36-17-15-31(16-18-36,24-7-3-1-4-8-24)25-9-5-2-6-10-25/h1-14,22H,15-21H2,(H2,33,38)(H,34,39). The minimum atomic E-state index is -0.760. The number of imidazole rings is 1. The highest BCUT2D eigenvalue weighted by molar-refractivity contribution is 6.30. The summed E-state index contributed by atoms with van der Waals surface area (Å²) in [7, 11) is 0. The highest BCUT2D eigenvalue weighted by atomic mass is 35.5. The van der Waals surface area contributed by atoms with Gasteiger partial charge in [-0.1, -0.05) is 84.4 Å². The van der Waals surface area contributed by atoms with Crippen LogP contribution >= 0.6 is 11.6 Å². The third-order valence-electron chi connectivity index (χ3n) is 7.46. The Kier molecular flexibility index (Phi) is 8.48. The molecule has 40 heavy (non-hydrogen) atoms. The largest absolute Gasteiger partial charge is 0.414 e. The van der Waals surface area contributed by atoms with Crippen LogP contribution in [0.1, 0.15) is 35.2 Å². The molecule has 0 aliphatic carbocycles. The molecule has 206 valence electrons. The molecule has 0 saturated carbocycles. The number of nitrogens with one attached hydrogen (secondary N) is 1. The Morgan fingerprint density at radius 1 is 0.900 bits per heavy atom. The number of carbonyl (C=O) groups excluding carboxylic acids is 2. The van der Waals surface area contributed by atoms with Crippen LogP contribution in [-0.4, -0.2) is 46.1 Å². The van der Waals surface area contributed by atoms with Gasteiger partial charge in [0.1, 0.15) is 5.69 Å². The summed E-state index contributed by atoms with van der Waals surface area (Å²) in [6.45, 7) is 2.34. The zero-order valence-corrected chi connectivity index (χ0v) is 22.9. The lowest BCUT2D eigenvalue weighted by molar-refractivity contribution is -0.117. The first-order valence-corrected chi connectivity index (χ1v) is 13.7. The number of nitrogens with zero attached hydrogens (tertiary/aromatic N) is 3. The number of hydrogen-bond donors (Lipinski definition) is 2. The van der Waals surface area contributed by atoms with Gasteiger partial charge in [0.05, 0.1) is 19.4 Å². The Labute approximate surface area is 238 Å². The SMILES string of the molecule is NC(=O)CNC(=O)Oc1c(CN2CCC(c3ccccc3)(c3ccccc3)CC2)ncn1Cc1ccc(Cl)cc1. The van der Waals surface area contributed by atoms with Gasteiger partial charge in [-0.15, -0.1) is 0 Å². The van der Waals surface area contributed by atoms with E-state index < -0.39 is 12.0 Å². The number of carbonyl (C=O) groups is 2. The summed E-state index contributed by atoms with van der Waals surface area (Å²) >= 11 is 6.05. The van der Waals surface area contributed by atoms with Gasteiger partial charge in [0.25, 0.3) is 0 Å². The Balaban J connectivity index is 1.35. The number of nitrogens with two attached hydrogens (primary N) is 1. The van der Waals surface area contributed by atoms with Crippen LogP contribution in [0.15, 0.2) is 91.3 Å².